The van der Waals surface area contributed by atoms with Gasteiger partial charge in [0.15, 0.2) is 0 Å². The smallest absolute Gasteiger partial charge is 0.308 e. The van der Waals surface area contributed by atoms with Crippen LogP contribution in [0.4, 0.5) is 0 Å². The van der Waals surface area contributed by atoms with Crippen LogP contribution in [-0.4, -0.2) is 18.5 Å². The highest BCUT2D eigenvalue weighted by Gasteiger charge is 2.52. The van der Waals surface area contributed by atoms with E-state index in [2.05, 4.69) is 24.4 Å². The van der Waals surface area contributed by atoms with Gasteiger partial charge in [0.25, 0.3) is 0 Å². The third kappa shape index (κ3) is 3.62. The SMILES string of the molecule is CCOP(=O)(OCC)C1(NC(C)c2ccccc2)CCCC1. The summed E-state index contributed by atoms with van der Waals surface area (Å²) in [6, 6.07) is 10.3. The predicted octanol–water partition coefficient (Wildman–Crippen LogP) is 4.87. The quantitative estimate of drug-likeness (QED) is 0.692. The van der Waals surface area contributed by atoms with Crippen LogP contribution < -0.4 is 5.32 Å². The minimum absolute atomic E-state index is 0.105. The fourth-order valence-corrected chi connectivity index (χ4v) is 5.77. The van der Waals surface area contributed by atoms with Crippen LogP contribution in [0.15, 0.2) is 30.3 Å². The molecule has 0 aromatic heterocycles. The van der Waals surface area contributed by atoms with Gasteiger partial charge in [-0.2, -0.15) is 0 Å². The average Bonchev–Trinajstić information content (AvgIpc) is 2.99. The standard InChI is InChI=1S/C17H28NO3P/c1-4-20-22(19,21-5-2)17(13-9-10-14-17)18-15(3)16-11-7-6-8-12-16/h6-8,11-12,15,18H,4-5,9-10,13-14H2,1-3H3. The lowest BCUT2D eigenvalue weighted by Gasteiger charge is -2.38. The highest BCUT2D eigenvalue weighted by Crippen LogP contribution is 2.65. The Labute approximate surface area is 134 Å². The van der Waals surface area contributed by atoms with Gasteiger partial charge >= 0.3 is 7.60 Å². The van der Waals surface area contributed by atoms with Crippen LogP contribution in [0.25, 0.3) is 0 Å². The Kier molecular flexibility index (Phi) is 6.22. The van der Waals surface area contributed by atoms with Crippen LogP contribution in [0.1, 0.15) is 58.1 Å². The van der Waals surface area contributed by atoms with Crippen LogP contribution >= 0.6 is 7.60 Å². The first-order valence-corrected chi connectivity index (χ1v) is 9.83. The minimum atomic E-state index is -3.18. The van der Waals surface area contributed by atoms with Gasteiger partial charge in [0.1, 0.15) is 5.28 Å². The van der Waals surface area contributed by atoms with E-state index in [-0.39, 0.29) is 6.04 Å². The first kappa shape index (κ1) is 17.7. The van der Waals surface area contributed by atoms with Crippen LogP contribution in [0.3, 0.4) is 0 Å². The van der Waals surface area contributed by atoms with Gasteiger partial charge in [-0.25, -0.2) is 0 Å². The van der Waals surface area contributed by atoms with Crippen molar-refractivity contribution in [2.75, 3.05) is 13.2 Å². The van der Waals surface area contributed by atoms with Gasteiger partial charge in [0, 0.05) is 6.04 Å². The van der Waals surface area contributed by atoms with Crippen molar-refractivity contribution in [3.05, 3.63) is 35.9 Å². The maximum Gasteiger partial charge on any atom is 0.350 e. The molecule has 0 bridgehead atoms. The van der Waals surface area contributed by atoms with Gasteiger partial charge in [0.2, 0.25) is 0 Å². The molecule has 0 saturated heterocycles. The molecule has 124 valence electrons. The van der Waals surface area contributed by atoms with Crippen LogP contribution in [0.2, 0.25) is 0 Å². The van der Waals surface area contributed by atoms with Crippen molar-refractivity contribution in [1.82, 2.24) is 5.32 Å². The highest BCUT2D eigenvalue weighted by molar-refractivity contribution is 7.55. The molecule has 22 heavy (non-hydrogen) atoms. The summed E-state index contributed by atoms with van der Waals surface area (Å²) in [6.45, 7) is 6.66. The Morgan fingerprint density at radius 2 is 1.68 bits per heavy atom. The number of hydrogen-bond acceptors (Lipinski definition) is 4. The Bertz CT molecular complexity index is 490. The molecule has 0 amide bonds. The molecule has 0 aliphatic heterocycles. The molecule has 1 aromatic carbocycles. The lowest BCUT2D eigenvalue weighted by molar-refractivity contribution is 0.181. The molecule has 1 aliphatic rings. The van der Waals surface area contributed by atoms with E-state index in [1.54, 1.807) is 0 Å². The average molecular weight is 325 g/mol. The van der Waals surface area contributed by atoms with Gasteiger partial charge < -0.3 is 9.05 Å². The first-order valence-electron chi connectivity index (χ1n) is 8.29. The number of nitrogens with one attached hydrogen (secondary N) is 1. The molecule has 1 saturated carbocycles. The summed E-state index contributed by atoms with van der Waals surface area (Å²) < 4.78 is 24.7. The second kappa shape index (κ2) is 7.74. The van der Waals surface area contributed by atoms with Crippen LogP contribution in [0.5, 0.6) is 0 Å². The number of rotatable bonds is 8. The largest absolute Gasteiger partial charge is 0.350 e. The minimum Gasteiger partial charge on any atom is -0.308 e. The molecule has 0 radical (unpaired) electrons. The molecular formula is C17H28NO3P. The molecule has 1 aromatic rings. The molecule has 1 aliphatic carbocycles. The highest BCUT2D eigenvalue weighted by atomic mass is 31.2. The number of hydrogen-bond donors (Lipinski definition) is 1. The first-order chi connectivity index (χ1) is 10.6. The molecule has 1 atom stereocenters. The fraction of sp³-hybridized carbons (Fsp3) is 0.647. The normalized spacial score (nSPS) is 19.2. The van der Waals surface area contributed by atoms with Crippen molar-refractivity contribution < 1.29 is 13.6 Å². The molecule has 1 unspecified atom stereocenters. The molecule has 5 heteroatoms. The van der Waals surface area contributed by atoms with E-state index in [0.717, 1.165) is 25.7 Å². The predicted molar refractivity (Wildman–Crippen MR) is 90.1 cm³/mol. The maximum absolute atomic E-state index is 13.4. The summed E-state index contributed by atoms with van der Waals surface area (Å²) >= 11 is 0. The topological polar surface area (TPSA) is 47.6 Å². The van der Waals surface area contributed by atoms with Crippen molar-refractivity contribution in [3.63, 3.8) is 0 Å². The summed E-state index contributed by atoms with van der Waals surface area (Å²) in [5.41, 5.74) is 1.19. The summed E-state index contributed by atoms with van der Waals surface area (Å²) in [5.74, 6) is 0. The summed E-state index contributed by atoms with van der Waals surface area (Å²) in [7, 11) is -3.18. The van der Waals surface area contributed by atoms with Crippen LogP contribution in [-0.2, 0) is 13.6 Å². The molecular weight excluding hydrogens is 297 g/mol. The van der Waals surface area contributed by atoms with E-state index in [9.17, 15) is 4.57 Å². The summed E-state index contributed by atoms with van der Waals surface area (Å²) in [6.07, 6.45) is 3.78. The zero-order valence-electron chi connectivity index (χ0n) is 13.9. The van der Waals surface area contributed by atoms with Gasteiger partial charge in [-0.3, -0.25) is 9.88 Å². The van der Waals surface area contributed by atoms with Gasteiger partial charge in [-0.05, 0) is 39.2 Å². The van der Waals surface area contributed by atoms with Gasteiger partial charge in [0.05, 0.1) is 13.2 Å². The lowest BCUT2D eigenvalue weighted by Crippen LogP contribution is -2.44. The van der Waals surface area contributed by atoms with Gasteiger partial charge in [-0.15, -0.1) is 0 Å². The second-order valence-electron chi connectivity index (χ2n) is 5.85. The fourth-order valence-electron chi connectivity index (χ4n) is 3.31. The Morgan fingerprint density at radius 3 is 2.18 bits per heavy atom. The zero-order chi connectivity index (χ0) is 16.1. The Balaban J connectivity index is 2.26. The van der Waals surface area contributed by atoms with Crippen molar-refractivity contribution in [1.29, 1.82) is 0 Å². The van der Waals surface area contributed by atoms with E-state index >= 15 is 0 Å². The van der Waals surface area contributed by atoms with Gasteiger partial charge in [-0.1, -0.05) is 43.2 Å². The Hall–Kier alpha value is -0.670. The molecule has 2 rings (SSSR count). The molecule has 4 nitrogen and oxygen atoms in total. The third-order valence-corrected chi connectivity index (χ3v) is 7.16. The zero-order valence-corrected chi connectivity index (χ0v) is 14.8. The number of benzene rings is 1. The van der Waals surface area contributed by atoms with Crippen molar-refractivity contribution in [3.8, 4) is 0 Å². The Morgan fingerprint density at radius 1 is 1.14 bits per heavy atom. The van der Waals surface area contributed by atoms with Crippen molar-refractivity contribution in [2.24, 2.45) is 0 Å². The molecule has 0 heterocycles. The monoisotopic (exact) mass is 325 g/mol. The lowest BCUT2D eigenvalue weighted by atomic mass is 10.1. The van der Waals surface area contributed by atoms with E-state index in [0.29, 0.717) is 13.2 Å². The second-order valence-corrected chi connectivity index (χ2v) is 8.22. The maximum atomic E-state index is 13.4. The van der Waals surface area contributed by atoms with Crippen molar-refractivity contribution in [2.45, 2.75) is 57.8 Å². The molecule has 1 fully saturated rings. The van der Waals surface area contributed by atoms with E-state index in [1.807, 2.05) is 32.0 Å². The van der Waals surface area contributed by atoms with Crippen molar-refractivity contribution >= 4 is 7.60 Å². The third-order valence-electron chi connectivity index (χ3n) is 4.34. The van der Waals surface area contributed by atoms with E-state index in [1.165, 1.54) is 5.56 Å². The summed E-state index contributed by atoms with van der Waals surface area (Å²) in [4.78, 5) is 0. The molecule has 0 spiro atoms. The molecule has 1 N–H and O–H groups in total. The summed E-state index contributed by atoms with van der Waals surface area (Å²) in [5, 5.41) is 3.04. The van der Waals surface area contributed by atoms with E-state index in [4.69, 9.17) is 9.05 Å². The van der Waals surface area contributed by atoms with Crippen LogP contribution in [0, 0.1) is 0 Å². The van der Waals surface area contributed by atoms with E-state index < -0.39 is 12.9 Å².